The van der Waals surface area contributed by atoms with Crippen LogP contribution < -0.4 is 15.8 Å². The molecule has 2 aromatic carbocycles. The number of anilines is 1. The Labute approximate surface area is 165 Å². The Morgan fingerprint density at radius 2 is 1.68 bits per heavy atom. The van der Waals surface area contributed by atoms with Crippen LogP contribution in [0.15, 0.2) is 42.5 Å². The molecule has 2 saturated heterocycles. The van der Waals surface area contributed by atoms with Gasteiger partial charge in [0.1, 0.15) is 11.9 Å². The van der Waals surface area contributed by atoms with Gasteiger partial charge in [0.25, 0.3) is 0 Å². The maximum Gasteiger partial charge on any atom is 0.241 e. The summed E-state index contributed by atoms with van der Waals surface area (Å²) in [7, 11) is 0. The lowest BCUT2D eigenvalue weighted by Gasteiger charge is -2.37. The van der Waals surface area contributed by atoms with Crippen molar-refractivity contribution in [3.05, 3.63) is 65.0 Å². The van der Waals surface area contributed by atoms with E-state index in [1.807, 2.05) is 4.90 Å². The number of hydrazine groups is 1. The maximum absolute atomic E-state index is 13.1. The Kier molecular flexibility index (Phi) is 5.33. The third kappa shape index (κ3) is 3.88. The predicted molar refractivity (Wildman–Crippen MR) is 109 cm³/mol. The standard InChI is InChI=1S/C22H27FN4O/c1-15-3-4-17(13-16(15)2)20-14-21(25-24-20)22(28)27-11-9-26(10-12-27)19-7-5-18(23)6-8-19/h3-8,13,20-21,24-25H,9-12,14H2,1-2H3. The number of carbonyl (C=O) groups excluding carboxylic acids is 1. The normalized spacial score (nSPS) is 22.5. The van der Waals surface area contributed by atoms with Crippen LogP contribution in [0.1, 0.15) is 29.2 Å². The van der Waals surface area contributed by atoms with Crippen molar-refractivity contribution in [3.8, 4) is 0 Å². The topological polar surface area (TPSA) is 47.6 Å². The van der Waals surface area contributed by atoms with E-state index in [9.17, 15) is 9.18 Å². The van der Waals surface area contributed by atoms with Crippen LogP contribution in [0, 0.1) is 19.7 Å². The lowest BCUT2D eigenvalue weighted by atomic mass is 9.98. The Morgan fingerprint density at radius 1 is 0.964 bits per heavy atom. The molecule has 0 saturated carbocycles. The smallest absolute Gasteiger partial charge is 0.241 e. The first-order valence-electron chi connectivity index (χ1n) is 9.89. The summed E-state index contributed by atoms with van der Waals surface area (Å²) >= 11 is 0. The first-order chi connectivity index (χ1) is 13.5. The molecule has 0 aromatic heterocycles. The number of nitrogens with zero attached hydrogens (tertiary/aromatic N) is 2. The average Bonchev–Trinajstić information content (AvgIpc) is 3.20. The van der Waals surface area contributed by atoms with Crippen LogP contribution >= 0.6 is 0 Å². The zero-order valence-electron chi connectivity index (χ0n) is 16.4. The highest BCUT2D eigenvalue weighted by Gasteiger charge is 2.34. The van der Waals surface area contributed by atoms with E-state index >= 15 is 0 Å². The molecule has 0 bridgehead atoms. The number of hydrogen-bond acceptors (Lipinski definition) is 4. The van der Waals surface area contributed by atoms with Crippen molar-refractivity contribution >= 4 is 11.6 Å². The summed E-state index contributed by atoms with van der Waals surface area (Å²) in [4.78, 5) is 17.1. The number of amides is 1. The third-order valence-electron chi connectivity index (χ3n) is 5.92. The van der Waals surface area contributed by atoms with Crippen LogP contribution in [-0.2, 0) is 4.79 Å². The Bertz CT molecular complexity index is 846. The van der Waals surface area contributed by atoms with Crippen molar-refractivity contribution in [2.45, 2.75) is 32.4 Å². The highest BCUT2D eigenvalue weighted by atomic mass is 19.1. The minimum absolute atomic E-state index is 0.147. The Hall–Kier alpha value is -2.44. The molecule has 4 rings (SSSR count). The number of rotatable bonds is 3. The highest BCUT2D eigenvalue weighted by molar-refractivity contribution is 5.82. The first kappa shape index (κ1) is 18.9. The molecule has 2 aliphatic heterocycles. The molecule has 2 heterocycles. The molecular formula is C22H27FN4O. The zero-order chi connectivity index (χ0) is 19.7. The largest absolute Gasteiger partial charge is 0.368 e. The van der Waals surface area contributed by atoms with Crippen LogP contribution in [0.25, 0.3) is 0 Å². The number of benzene rings is 2. The van der Waals surface area contributed by atoms with Gasteiger partial charge in [-0.2, -0.15) is 0 Å². The van der Waals surface area contributed by atoms with E-state index in [2.05, 4.69) is 47.8 Å². The van der Waals surface area contributed by atoms with E-state index in [1.54, 1.807) is 12.1 Å². The number of carbonyl (C=O) groups is 1. The minimum Gasteiger partial charge on any atom is -0.368 e. The molecule has 0 spiro atoms. The number of halogens is 1. The van der Waals surface area contributed by atoms with Gasteiger partial charge < -0.3 is 9.80 Å². The fraction of sp³-hybridized carbons (Fsp3) is 0.409. The summed E-state index contributed by atoms with van der Waals surface area (Å²) in [6.45, 7) is 7.11. The first-order valence-corrected chi connectivity index (χ1v) is 9.89. The van der Waals surface area contributed by atoms with Crippen molar-refractivity contribution in [3.63, 3.8) is 0 Å². The quantitative estimate of drug-likeness (QED) is 0.857. The van der Waals surface area contributed by atoms with E-state index in [4.69, 9.17) is 0 Å². The minimum atomic E-state index is -0.226. The van der Waals surface area contributed by atoms with Crippen molar-refractivity contribution in [2.24, 2.45) is 0 Å². The van der Waals surface area contributed by atoms with E-state index in [0.717, 1.165) is 25.2 Å². The molecule has 2 fully saturated rings. The average molecular weight is 382 g/mol. The van der Waals surface area contributed by atoms with Crippen LogP contribution in [0.5, 0.6) is 0 Å². The van der Waals surface area contributed by atoms with Crippen molar-refractivity contribution in [2.75, 3.05) is 31.1 Å². The molecule has 2 atom stereocenters. The molecule has 0 aliphatic carbocycles. The fourth-order valence-corrected chi connectivity index (χ4v) is 3.98. The monoisotopic (exact) mass is 382 g/mol. The predicted octanol–water partition coefficient (Wildman–Crippen LogP) is 2.70. The molecule has 6 heteroatoms. The Balaban J connectivity index is 1.33. The summed E-state index contributed by atoms with van der Waals surface area (Å²) in [5, 5.41) is 0. The van der Waals surface area contributed by atoms with E-state index < -0.39 is 0 Å². The summed E-state index contributed by atoms with van der Waals surface area (Å²) < 4.78 is 13.1. The molecule has 2 unspecified atom stereocenters. The second kappa shape index (κ2) is 7.89. The summed E-state index contributed by atoms with van der Waals surface area (Å²) in [5.41, 5.74) is 11.2. The van der Waals surface area contributed by atoms with Gasteiger partial charge >= 0.3 is 0 Å². The van der Waals surface area contributed by atoms with Crippen molar-refractivity contribution in [1.82, 2.24) is 15.8 Å². The van der Waals surface area contributed by atoms with E-state index in [1.165, 1.54) is 28.8 Å². The van der Waals surface area contributed by atoms with Gasteiger partial charge in [0, 0.05) is 37.9 Å². The molecular weight excluding hydrogens is 355 g/mol. The maximum atomic E-state index is 13.1. The Morgan fingerprint density at radius 3 is 2.36 bits per heavy atom. The number of piperazine rings is 1. The lowest BCUT2D eigenvalue weighted by molar-refractivity contribution is -0.133. The number of nitrogens with one attached hydrogen (secondary N) is 2. The van der Waals surface area contributed by atoms with Crippen LogP contribution in [0.2, 0.25) is 0 Å². The fourth-order valence-electron chi connectivity index (χ4n) is 3.98. The molecule has 5 nitrogen and oxygen atoms in total. The van der Waals surface area contributed by atoms with Gasteiger partial charge in [-0.05, 0) is 61.2 Å². The zero-order valence-corrected chi connectivity index (χ0v) is 16.4. The molecule has 28 heavy (non-hydrogen) atoms. The van der Waals surface area contributed by atoms with Crippen molar-refractivity contribution in [1.29, 1.82) is 0 Å². The molecule has 2 aromatic rings. The summed E-state index contributed by atoms with van der Waals surface area (Å²) in [6, 6.07) is 13.0. The van der Waals surface area contributed by atoms with Crippen LogP contribution in [0.4, 0.5) is 10.1 Å². The summed E-state index contributed by atoms with van der Waals surface area (Å²) in [6.07, 6.45) is 0.750. The van der Waals surface area contributed by atoms with E-state index in [-0.39, 0.29) is 23.8 Å². The summed E-state index contributed by atoms with van der Waals surface area (Å²) in [5.74, 6) is -0.0757. The molecule has 2 N–H and O–H groups in total. The van der Waals surface area contributed by atoms with E-state index in [0.29, 0.717) is 13.1 Å². The molecule has 0 radical (unpaired) electrons. The van der Waals surface area contributed by atoms with Gasteiger partial charge in [-0.1, -0.05) is 18.2 Å². The van der Waals surface area contributed by atoms with Gasteiger partial charge in [-0.25, -0.2) is 15.2 Å². The second-order valence-corrected chi connectivity index (χ2v) is 7.76. The molecule has 148 valence electrons. The highest BCUT2D eigenvalue weighted by Crippen LogP contribution is 2.25. The van der Waals surface area contributed by atoms with Gasteiger partial charge in [-0.3, -0.25) is 4.79 Å². The van der Waals surface area contributed by atoms with Gasteiger partial charge in [-0.15, -0.1) is 0 Å². The number of hydrogen-bond donors (Lipinski definition) is 2. The third-order valence-corrected chi connectivity index (χ3v) is 5.92. The second-order valence-electron chi connectivity index (χ2n) is 7.76. The van der Waals surface area contributed by atoms with Crippen LogP contribution in [0.3, 0.4) is 0 Å². The van der Waals surface area contributed by atoms with Crippen LogP contribution in [-0.4, -0.2) is 43.0 Å². The molecule has 2 aliphatic rings. The molecule has 1 amide bonds. The van der Waals surface area contributed by atoms with Crippen molar-refractivity contribution < 1.29 is 9.18 Å². The SMILES string of the molecule is Cc1ccc(C2CC(C(=O)N3CCN(c4ccc(F)cc4)CC3)NN2)cc1C. The lowest BCUT2D eigenvalue weighted by Crippen LogP contribution is -2.53. The van der Waals surface area contributed by atoms with Gasteiger partial charge in [0.15, 0.2) is 0 Å². The number of aryl methyl sites for hydroxylation is 2. The van der Waals surface area contributed by atoms with Gasteiger partial charge in [0.05, 0.1) is 0 Å². The van der Waals surface area contributed by atoms with Gasteiger partial charge in [0.2, 0.25) is 5.91 Å².